The van der Waals surface area contributed by atoms with Gasteiger partial charge in [0, 0.05) is 6.54 Å². The number of rotatable bonds is 8. The third kappa shape index (κ3) is 5.02. The zero-order chi connectivity index (χ0) is 19.3. The van der Waals surface area contributed by atoms with Crippen LogP contribution < -0.4 is 0 Å². The summed E-state index contributed by atoms with van der Waals surface area (Å²) in [5.74, 6) is 1.79. The van der Waals surface area contributed by atoms with Crippen molar-refractivity contribution in [2.45, 2.75) is 51.0 Å². The maximum atomic E-state index is 11.0. The molecule has 2 aliphatic rings. The molecule has 2 atom stereocenters. The van der Waals surface area contributed by atoms with Crippen LogP contribution in [0.4, 0.5) is 0 Å². The Labute approximate surface area is 168 Å². The van der Waals surface area contributed by atoms with Gasteiger partial charge in [-0.2, -0.15) is 0 Å². The number of carbonyl (C=O) groups is 1. The van der Waals surface area contributed by atoms with E-state index in [9.17, 15) is 4.79 Å². The van der Waals surface area contributed by atoms with Crippen molar-refractivity contribution < 1.29 is 9.90 Å². The van der Waals surface area contributed by atoms with Crippen molar-refractivity contribution in [2.24, 2.45) is 11.8 Å². The second-order valence-corrected chi connectivity index (χ2v) is 8.67. The smallest absolute Gasteiger partial charge is 0.335 e. The maximum Gasteiger partial charge on any atom is 0.335 e. The lowest BCUT2D eigenvalue weighted by molar-refractivity contribution is 0.0697. The molecule has 0 unspecified atom stereocenters. The van der Waals surface area contributed by atoms with Crippen LogP contribution in [-0.4, -0.2) is 29.1 Å². The molecular weight excluding hydrogens is 346 g/mol. The Bertz CT molecular complexity index is 763. The molecule has 0 amide bonds. The first-order valence-electron chi connectivity index (χ1n) is 10.8. The molecule has 2 aromatic rings. The Hall–Kier alpha value is -2.13. The Morgan fingerprint density at radius 3 is 2.36 bits per heavy atom. The minimum absolute atomic E-state index is 0.368. The number of hydrogen-bond acceptors (Lipinski definition) is 2. The average Bonchev–Trinajstić information content (AvgIpc) is 3.50. The molecule has 28 heavy (non-hydrogen) atoms. The third-order valence-electron chi connectivity index (χ3n) is 6.65. The number of aromatic carboxylic acids is 1. The van der Waals surface area contributed by atoms with Crippen molar-refractivity contribution in [2.75, 3.05) is 13.1 Å². The molecule has 148 valence electrons. The summed E-state index contributed by atoms with van der Waals surface area (Å²) in [4.78, 5) is 13.5. The monoisotopic (exact) mass is 377 g/mol. The summed E-state index contributed by atoms with van der Waals surface area (Å²) in [5.41, 5.74) is 3.12. The van der Waals surface area contributed by atoms with Gasteiger partial charge in [0.05, 0.1) is 5.56 Å². The van der Waals surface area contributed by atoms with E-state index in [0.29, 0.717) is 5.56 Å². The van der Waals surface area contributed by atoms with Gasteiger partial charge in [-0.25, -0.2) is 4.79 Å². The van der Waals surface area contributed by atoms with Gasteiger partial charge in [0.25, 0.3) is 0 Å². The lowest BCUT2D eigenvalue weighted by Crippen LogP contribution is -2.33. The predicted molar refractivity (Wildman–Crippen MR) is 113 cm³/mol. The second-order valence-electron chi connectivity index (χ2n) is 8.67. The van der Waals surface area contributed by atoms with Gasteiger partial charge < -0.3 is 5.11 Å². The van der Waals surface area contributed by atoms with Gasteiger partial charge in [0.1, 0.15) is 0 Å². The Kier molecular flexibility index (Phi) is 6.11. The summed E-state index contributed by atoms with van der Waals surface area (Å²) in [7, 11) is 0. The quantitative estimate of drug-likeness (QED) is 0.654. The number of likely N-dealkylation sites (tertiary alicyclic amines) is 1. The zero-order valence-corrected chi connectivity index (χ0v) is 16.6. The molecule has 0 radical (unpaired) electrons. The van der Waals surface area contributed by atoms with Gasteiger partial charge in [0.15, 0.2) is 0 Å². The van der Waals surface area contributed by atoms with Gasteiger partial charge in [-0.1, -0.05) is 55.3 Å². The first kappa shape index (κ1) is 19.2. The first-order valence-corrected chi connectivity index (χ1v) is 10.8. The Morgan fingerprint density at radius 1 is 0.964 bits per heavy atom. The number of hydrogen-bond donors (Lipinski definition) is 1. The summed E-state index contributed by atoms with van der Waals surface area (Å²) in [6.07, 6.45) is 8.17. The standard InChI is InChI=1S/C25H31NO2/c27-25(28)22-11-9-20(10-12-22)18-26-15-13-19(14-16-26)5-4-8-23-17-24(23)21-6-2-1-3-7-21/h1-3,6-7,9-12,19,23-24H,4-5,8,13-18H2,(H,27,28)/t23-,24+/m0/s1. The van der Waals surface area contributed by atoms with Crippen LogP contribution in [0.15, 0.2) is 54.6 Å². The van der Waals surface area contributed by atoms with E-state index >= 15 is 0 Å². The van der Waals surface area contributed by atoms with Gasteiger partial charge in [-0.05, 0) is 79.8 Å². The molecule has 3 heteroatoms. The van der Waals surface area contributed by atoms with Crippen molar-refractivity contribution in [3.63, 3.8) is 0 Å². The van der Waals surface area contributed by atoms with Crippen LogP contribution in [0.5, 0.6) is 0 Å². The minimum Gasteiger partial charge on any atom is -0.478 e. The maximum absolute atomic E-state index is 11.0. The van der Waals surface area contributed by atoms with E-state index in [2.05, 4.69) is 35.2 Å². The fraction of sp³-hybridized carbons (Fsp3) is 0.480. The first-order chi connectivity index (χ1) is 13.7. The molecule has 1 N–H and O–H groups in total. The normalized spacial score (nSPS) is 22.9. The van der Waals surface area contributed by atoms with E-state index in [-0.39, 0.29) is 0 Å². The minimum atomic E-state index is -0.853. The van der Waals surface area contributed by atoms with Crippen molar-refractivity contribution in [3.05, 3.63) is 71.3 Å². The van der Waals surface area contributed by atoms with E-state index in [1.165, 1.54) is 62.7 Å². The van der Waals surface area contributed by atoms with E-state index in [1.54, 1.807) is 12.1 Å². The SMILES string of the molecule is O=C(O)c1ccc(CN2CCC(CCC[C@H]3C[C@@H]3c3ccccc3)CC2)cc1. The van der Waals surface area contributed by atoms with Gasteiger partial charge in [-0.3, -0.25) is 4.90 Å². The fourth-order valence-electron chi connectivity index (χ4n) is 4.79. The van der Waals surface area contributed by atoms with Crippen molar-refractivity contribution in [1.82, 2.24) is 4.90 Å². The zero-order valence-electron chi connectivity index (χ0n) is 16.6. The summed E-state index contributed by atoms with van der Waals surface area (Å²) in [6.45, 7) is 3.27. The molecule has 1 heterocycles. The van der Waals surface area contributed by atoms with Crippen molar-refractivity contribution >= 4 is 5.97 Å². The molecule has 1 aliphatic heterocycles. The summed E-state index contributed by atoms with van der Waals surface area (Å²) >= 11 is 0. The molecule has 1 saturated heterocycles. The number of nitrogens with zero attached hydrogens (tertiary/aromatic N) is 1. The molecule has 0 bridgehead atoms. The number of piperidine rings is 1. The Balaban J connectivity index is 1.13. The van der Waals surface area contributed by atoms with Gasteiger partial charge in [0.2, 0.25) is 0 Å². The number of benzene rings is 2. The van der Waals surface area contributed by atoms with Gasteiger partial charge in [-0.15, -0.1) is 0 Å². The summed E-state index contributed by atoms with van der Waals surface area (Å²) < 4.78 is 0. The highest BCUT2D eigenvalue weighted by atomic mass is 16.4. The van der Waals surface area contributed by atoms with E-state index < -0.39 is 5.97 Å². The largest absolute Gasteiger partial charge is 0.478 e. The van der Waals surface area contributed by atoms with Crippen molar-refractivity contribution in [1.29, 1.82) is 0 Å². The molecule has 1 saturated carbocycles. The predicted octanol–water partition coefficient (Wildman–Crippen LogP) is 5.57. The molecular formula is C25H31NO2. The Morgan fingerprint density at radius 2 is 1.68 bits per heavy atom. The molecule has 3 nitrogen and oxygen atoms in total. The second kappa shape index (κ2) is 8.91. The third-order valence-corrected chi connectivity index (χ3v) is 6.65. The summed E-state index contributed by atoms with van der Waals surface area (Å²) in [6, 6.07) is 18.3. The molecule has 1 aliphatic carbocycles. The van der Waals surface area contributed by atoms with Crippen LogP contribution >= 0.6 is 0 Å². The number of carboxylic acid groups (broad SMARTS) is 1. The highest BCUT2D eigenvalue weighted by molar-refractivity contribution is 5.87. The van der Waals surface area contributed by atoms with Crippen LogP contribution in [0.3, 0.4) is 0 Å². The fourth-order valence-corrected chi connectivity index (χ4v) is 4.79. The molecule has 0 spiro atoms. The molecule has 2 aromatic carbocycles. The lowest BCUT2D eigenvalue weighted by Gasteiger charge is -2.32. The van der Waals surface area contributed by atoms with Crippen molar-refractivity contribution in [3.8, 4) is 0 Å². The van der Waals surface area contributed by atoms with E-state index in [0.717, 1.165) is 24.3 Å². The molecule has 4 rings (SSSR count). The number of carboxylic acids is 1. The highest BCUT2D eigenvalue weighted by Crippen LogP contribution is 2.50. The van der Waals surface area contributed by atoms with E-state index in [1.807, 2.05) is 12.1 Å². The van der Waals surface area contributed by atoms with Crippen LogP contribution in [0.2, 0.25) is 0 Å². The average molecular weight is 378 g/mol. The lowest BCUT2D eigenvalue weighted by atomic mass is 9.90. The molecule has 2 fully saturated rings. The summed E-state index contributed by atoms with van der Waals surface area (Å²) in [5, 5.41) is 9.00. The topological polar surface area (TPSA) is 40.5 Å². The van der Waals surface area contributed by atoms with E-state index in [4.69, 9.17) is 5.11 Å². The van der Waals surface area contributed by atoms with Crippen LogP contribution in [0, 0.1) is 11.8 Å². The van der Waals surface area contributed by atoms with Gasteiger partial charge >= 0.3 is 5.97 Å². The van der Waals surface area contributed by atoms with Crippen LogP contribution in [0.25, 0.3) is 0 Å². The molecule has 0 aromatic heterocycles. The van der Waals surface area contributed by atoms with Crippen LogP contribution in [0.1, 0.15) is 65.9 Å². The van der Waals surface area contributed by atoms with Crippen LogP contribution in [-0.2, 0) is 6.54 Å². The highest BCUT2D eigenvalue weighted by Gasteiger charge is 2.37.